The van der Waals surface area contributed by atoms with Gasteiger partial charge < -0.3 is 5.32 Å². The second-order valence-corrected chi connectivity index (χ2v) is 6.40. The third kappa shape index (κ3) is 3.38. The standard InChI is InChI=1S/C18H17BrN4O/c1-3-13-9-16(23-10-20-21-11-23)7-12(2)17(13)22-18(24)14-5-4-6-15(19)8-14/h4-11H,3H2,1-2H3,(H,22,24). The Hall–Kier alpha value is -2.47. The Morgan fingerprint density at radius 1 is 1.21 bits per heavy atom. The van der Waals surface area contributed by atoms with Crippen LogP contribution in [0, 0.1) is 6.92 Å². The highest BCUT2D eigenvalue weighted by Crippen LogP contribution is 2.26. The minimum absolute atomic E-state index is 0.119. The van der Waals surface area contributed by atoms with E-state index in [4.69, 9.17) is 0 Å². The summed E-state index contributed by atoms with van der Waals surface area (Å²) in [5.74, 6) is -0.119. The van der Waals surface area contributed by atoms with Crippen molar-refractivity contribution in [3.05, 3.63) is 70.2 Å². The Morgan fingerprint density at radius 3 is 2.62 bits per heavy atom. The van der Waals surface area contributed by atoms with Crippen molar-refractivity contribution in [1.29, 1.82) is 0 Å². The first-order valence-corrected chi connectivity index (χ1v) is 8.43. The van der Waals surface area contributed by atoms with E-state index in [0.29, 0.717) is 5.56 Å². The molecule has 1 heterocycles. The van der Waals surface area contributed by atoms with Gasteiger partial charge in [-0.25, -0.2) is 0 Å². The SMILES string of the molecule is CCc1cc(-n2cnnc2)cc(C)c1NC(=O)c1cccc(Br)c1. The molecule has 0 bridgehead atoms. The molecule has 1 aromatic heterocycles. The number of nitrogens with one attached hydrogen (secondary N) is 1. The number of halogens is 1. The van der Waals surface area contributed by atoms with E-state index in [-0.39, 0.29) is 5.91 Å². The maximum Gasteiger partial charge on any atom is 0.255 e. The lowest BCUT2D eigenvalue weighted by atomic mass is 10.0. The number of rotatable bonds is 4. The van der Waals surface area contributed by atoms with Crippen LogP contribution in [0.2, 0.25) is 0 Å². The van der Waals surface area contributed by atoms with Gasteiger partial charge in [0.05, 0.1) is 0 Å². The Kier molecular flexibility index (Phi) is 4.76. The predicted molar refractivity (Wildman–Crippen MR) is 97.6 cm³/mol. The summed E-state index contributed by atoms with van der Waals surface area (Å²) in [4.78, 5) is 12.5. The van der Waals surface area contributed by atoms with Gasteiger partial charge in [-0.1, -0.05) is 28.9 Å². The highest BCUT2D eigenvalue weighted by Gasteiger charge is 2.13. The van der Waals surface area contributed by atoms with Crippen LogP contribution in [0.5, 0.6) is 0 Å². The number of hydrogen-bond acceptors (Lipinski definition) is 3. The van der Waals surface area contributed by atoms with Gasteiger partial charge in [0, 0.05) is 21.4 Å². The van der Waals surface area contributed by atoms with Crippen LogP contribution in [-0.2, 0) is 6.42 Å². The monoisotopic (exact) mass is 384 g/mol. The number of nitrogens with zero attached hydrogens (tertiary/aromatic N) is 3. The molecule has 0 saturated carbocycles. The van der Waals surface area contributed by atoms with Crippen LogP contribution >= 0.6 is 15.9 Å². The lowest BCUT2D eigenvalue weighted by molar-refractivity contribution is 0.102. The van der Waals surface area contributed by atoms with Gasteiger partial charge in [-0.15, -0.1) is 10.2 Å². The van der Waals surface area contributed by atoms with Crippen molar-refractivity contribution < 1.29 is 4.79 Å². The fourth-order valence-corrected chi connectivity index (χ4v) is 3.00. The molecule has 0 aliphatic heterocycles. The van der Waals surface area contributed by atoms with Gasteiger partial charge in [-0.05, 0) is 54.8 Å². The maximum absolute atomic E-state index is 12.5. The average Bonchev–Trinajstić information content (AvgIpc) is 3.11. The third-order valence-electron chi connectivity index (χ3n) is 3.83. The van der Waals surface area contributed by atoms with Crippen molar-refractivity contribution in [3.8, 4) is 5.69 Å². The zero-order chi connectivity index (χ0) is 17.1. The summed E-state index contributed by atoms with van der Waals surface area (Å²) in [6.07, 6.45) is 4.13. The lowest BCUT2D eigenvalue weighted by Crippen LogP contribution is -2.14. The molecular weight excluding hydrogens is 368 g/mol. The molecule has 0 aliphatic carbocycles. The smallest absolute Gasteiger partial charge is 0.255 e. The van der Waals surface area contributed by atoms with Crippen LogP contribution in [0.25, 0.3) is 5.69 Å². The fraction of sp³-hybridized carbons (Fsp3) is 0.167. The molecule has 3 rings (SSSR count). The zero-order valence-corrected chi connectivity index (χ0v) is 15.0. The predicted octanol–water partition coefficient (Wildman–Crippen LogP) is 4.15. The molecule has 24 heavy (non-hydrogen) atoms. The minimum atomic E-state index is -0.119. The van der Waals surface area contributed by atoms with Crippen molar-refractivity contribution in [3.63, 3.8) is 0 Å². The minimum Gasteiger partial charge on any atom is -0.321 e. The molecular formula is C18H17BrN4O. The van der Waals surface area contributed by atoms with Crippen molar-refractivity contribution in [2.24, 2.45) is 0 Å². The fourth-order valence-electron chi connectivity index (χ4n) is 2.60. The summed E-state index contributed by atoms with van der Waals surface area (Å²) >= 11 is 3.40. The van der Waals surface area contributed by atoms with Crippen LogP contribution in [0.4, 0.5) is 5.69 Å². The van der Waals surface area contributed by atoms with E-state index >= 15 is 0 Å². The Labute approximate surface area is 148 Å². The van der Waals surface area contributed by atoms with Crippen molar-refractivity contribution >= 4 is 27.5 Å². The van der Waals surface area contributed by atoms with Crippen LogP contribution in [0.15, 0.2) is 53.5 Å². The number of anilines is 1. The van der Waals surface area contributed by atoms with E-state index in [9.17, 15) is 4.79 Å². The summed E-state index contributed by atoms with van der Waals surface area (Å²) in [6.45, 7) is 4.06. The van der Waals surface area contributed by atoms with Crippen molar-refractivity contribution in [2.45, 2.75) is 20.3 Å². The van der Waals surface area contributed by atoms with Crippen LogP contribution in [-0.4, -0.2) is 20.7 Å². The number of carbonyl (C=O) groups is 1. The summed E-state index contributed by atoms with van der Waals surface area (Å²) in [6, 6.07) is 11.4. The molecule has 0 aliphatic rings. The number of benzene rings is 2. The molecule has 6 heteroatoms. The molecule has 5 nitrogen and oxygen atoms in total. The number of hydrogen-bond donors (Lipinski definition) is 1. The summed E-state index contributed by atoms with van der Waals surface area (Å²) in [7, 11) is 0. The van der Waals surface area contributed by atoms with Gasteiger partial charge in [0.1, 0.15) is 12.7 Å². The third-order valence-corrected chi connectivity index (χ3v) is 4.32. The zero-order valence-electron chi connectivity index (χ0n) is 13.5. The molecule has 1 N–H and O–H groups in total. The summed E-state index contributed by atoms with van der Waals surface area (Å²) < 4.78 is 2.73. The van der Waals surface area contributed by atoms with Gasteiger partial charge in [0.2, 0.25) is 0 Å². The van der Waals surface area contributed by atoms with Gasteiger partial charge in [0.15, 0.2) is 0 Å². The Morgan fingerprint density at radius 2 is 1.96 bits per heavy atom. The molecule has 0 atom stereocenters. The molecule has 0 saturated heterocycles. The average molecular weight is 385 g/mol. The first-order valence-electron chi connectivity index (χ1n) is 7.64. The number of amides is 1. The molecule has 0 unspecified atom stereocenters. The first kappa shape index (κ1) is 16.4. The van der Waals surface area contributed by atoms with Gasteiger partial charge in [-0.2, -0.15) is 0 Å². The van der Waals surface area contributed by atoms with Gasteiger partial charge in [-0.3, -0.25) is 9.36 Å². The first-order chi connectivity index (χ1) is 11.6. The van der Waals surface area contributed by atoms with Crippen LogP contribution in [0.1, 0.15) is 28.4 Å². The van der Waals surface area contributed by atoms with Crippen LogP contribution < -0.4 is 5.32 Å². The van der Waals surface area contributed by atoms with Crippen LogP contribution in [0.3, 0.4) is 0 Å². The molecule has 0 spiro atoms. The van der Waals surface area contributed by atoms with Gasteiger partial charge in [0.25, 0.3) is 5.91 Å². The lowest BCUT2D eigenvalue weighted by Gasteiger charge is -2.15. The molecule has 0 fully saturated rings. The van der Waals surface area contributed by atoms with E-state index in [2.05, 4.69) is 38.4 Å². The number of carbonyl (C=O) groups excluding carboxylic acids is 1. The quantitative estimate of drug-likeness (QED) is 0.734. The topological polar surface area (TPSA) is 59.8 Å². The normalized spacial score (nSPS) is 10.6. The summed E-state index contributed by atoms with van der Waals surface area (Å²) in [5.41, 5.74) is 4.53. The highest BCUT2D eigenvalue weighted by molar-refractivity contribution is 9.10. The molecule has 2 aromatic carbocycles. The second kappa shape index (κ2) is 6.97. The Balaban J connectivity index is 1.94. The number of aromatic nitrogens is 3. The van der Waals surface area contributed by atoms with Crippen molar-refractivity contribution in [1.82, 2.24) is 14.8 Å². The second-order valence-electron chi connectivity index (χ2n) is 5.48. The molecule has 3 aromatic rings. The van der Waals surface area contributed by atoms with E-state index in [0.717, 1.165) is 33.4 Å². The van der Waals surface area contributed by atoms with Gasteiger partial charge >= 0.3 is 0 Å². The molecule has 1 amide bonds. The summed E-state index contributed by atoms with van der Waals surface area (Å²) in [5, 5.41) is 10.7. The van der Waals surface area contributed by atoms with E-state index in [1.807, 2.05) is 41.8 Å². The molecule has 122 valence electrons. The number of aryl methyl sites for hydroxylation is 2. The largest absolute Gasteiger partial charge is 0.321 e. The highest BCUT2D eigenvalue weighted by atomic mass is 79.9. The Bertz CT molecular complexity index is 875. The van der Waals surface area contributed by atoms with Crippen molar-refractivity contribution in [2.75, 3.05) is 5.32 Å². The van der Waals surface area contributed by atoms with E-state index in [1.165, 1.54) is 0 Å². The van der Waals surface area contributed by atoms with E-state index in [1.54, 1.807) is 18.7 Å². The van der Waals surface area contributed by atoms with E-state index < -0.39 is 0 Å². The molecule has 0 radical (unpaired) electrons. The maximum atomic E-state index is 12.5.